The summed E-state index contributed by atoms with van der Waals surface area (Å²) in [4.78, 5) is 12.6. The Kier molecular flexibility index (Phi) is 2.95. The minimum atomic E-state index is -0.428. The fourth-order valence-electron chi connectivity index (χ4n) is 2.30. The van der Waals surface area contributed by atoms with Crippen molar-refractivity contribution in [1.29, 1.82) is 0 Å². The summed E-state index contributed by atoms with van der Waals surface area (Å²) < 4.78 is 5.88. The topological polar surface area (TPSA) is 81.2 Å². The van der Waals surface area contributed by atoms with E-state index in [1.807, 2.05) is 19.1 Å². The monoisotopic (exact) mass is 281 g/mol. The summed E-state index contributed by atoms with van der Waals surface area (Å²) in [6.45, 7) is 1.87. The highest BCUT2D eigenvalue weighted by Crippen LogP contribution is 2.32. The number of hydrogen-bond donors (Lipinski definition) is 1. The number of pyridine rings is 1. The van der Waals surface area contributed by atoms with Crippen LogP contribution >= 0.6 is 0 Å². The second-order valence-corrected chi connectivity index (χ2v) is 4.57. The molecule has 104 valence electrons. The fraction of sp³-hybridized carbons (Fsp3) is 0.133. The Balaban J connectivity index is 2.47. The van der Waals surface area contributed by atoms with Crippen LogP contribution in [0, 0.1) is 19.3 Å². The Hall–Kier alpha value is -3.07. The SMILES string of the molecule is C#CCn1c(=O)c(-c2ccccc2C)c(O)c2nonc21. The number of fused-ring (bicyclic) bond motifs is 1. The molecule has 3 aromatic rings. The Morgan fingerprint density at radius 1 is 1.38 bits per heavy atom. The van der Waals surface area contributed by atoms with Gasteiger partial charge in [-0.1, -0.05) is 30.2 Å². The van der Waals surface area contributed by atoms with Crippen molar-refractivity contribution in [2.45, 2.75) is 13.5 Å². The molecule has 6 heteroatoms. The molecule has 0 radical (unpaired) electrons. The van der Waals surface area contributed by atoms with E-state index in [2.05, 4.69) is 20.9 Å². The molecule has 0 fully saturated rings. The summed E-state index contributed by atoms with van der Waals surface area (Å²) in [5, 5.41) is 17.7. The molecular weight excluding hydrogens is 270 g/mol. The quantitative estimate of drug-likeness (QED) is 0.723. The minimum Gasteiger partial charge on any atom is -0.505 e. The van der Waals surface area contributed by atoms with Crippen LogP contribution in [0.25, 0.3) is 22.3 Å². The molecule has 0 bridgehead atoms. The normalized spacial score (nSPS) is 10.7. The van der Waals surface area contributed by atoms with Crippen molar-refractivity contribution in [1.82, 2.24) is 14.9 Å². The van der Waals surface area contributed by atoms with Gasteiger partial charge in [0, 0.05) is 0 Å². The van der Waals surface area contributed by atoms with Crippen molar-refractivity contribution in [2.24, 2.45) is 0 Å². The molecular formula is C15H11N3O3. The van der Waals surface area contributed by atoms with Gasteiger partial charge in [0.2, 0.25) is 5.65 Å². The molecule has 0 aliphatic rings. The third-order valence-corrected chi connectivity index (χ3v) is 3.31. The van der Waals surface area contributed by atoms with Gasteiger partial charge in [-0.3, -0.25) is 9.36 Å². The molecule has 0 aliphatic carbocycles. The van der Waals surface area contributed by atoms with Crippen LogP contribution in [-0.2, 0) is 6.54 Å². The van der Waals surface area contributed by atoms with E-state index >= 15 is 0 Å². The largest absolute Gasteiger partial charge is 0.505 e. The third kappa shape index (κ3) is 1.87. The van der Waals surface area contributed by atoms with E-state index in [0.717, 1.165) is 5.56 Å². The standard InChI is InChI=1S/C15H11N3O3/c1-3-8-18-14-12(16-21-17-14)13(19)11(15(18)20)10-7-5-4-6-9(10)2/h1,4-7,19H,8H2,2H3. The highest BCUT2D eigenvalue weighted by atomic mass is 16.6. The first kappa shape index (κ1) is 12.9. The molecule has 3 rings (SSSR count). The van der Waals surface area contributed by atoms with Crippen LogP contribution in [0.2, 0.25) is 0 Å². The number of benzene rings is 1. The van der Waals surface area contributed by atoms with E-state index in [9.17, 15) is 9.90 Å². The van der Waals surface area contributed by atoms with Gasteiger partial charge in [-0.25, -0.2) is 4.63 Å². The lowest BCUT2D eigenvalue weighted by Crippen LogP contribution is -2.22. The van der Waals surface area contributed by atoms with Crippen LogP contribution in [0.5, 0.6) is 5.75 Å². The average molecular weight is 281 g/mol. The van der Waals surface area contributed by atoms with Gasteiger partial charge >= 0.3 is 0 Å². The smallest absolute Gasteiger partial charge is 0.264 e. The first-order valence-corrected chi connectivity index (χ1v) is 6.22. The molecule has 0 amide bonds. The van der Waals surface area contributed by atoms with Gasteiger partial charge < -0.3 is 5.11 Å². The van der Waals surface area contributed by atoms with Crippen molar-refractivity contribution in [3.8, 4) is 29.2 Å². The van der Waals surface area contributed by atoms with Crippen LogP contribution in [0.15, 0.2) is 33.7 Å². The van der Waals surface area contributed by atoms with Crippen molar-refractivity contribution < 1.29 is 9.74 Å². The first-order chi connectivity index (χ1) is 10.1. The molecule has 0 unspecified atom stereocenters. The minimum absolute atomic E-state index is 0.0166. The summed E-state index contributed by atoms with van der Waals surface area (Å²) in [5.74, 6) is 2.14. The zero-order chi connectivity index (χ0) is 15.0. The molecule has 0 saturated carbocycles. The van der Waals surface area contributed by atoms with E-state index in [0.29, 0.717) is 5.56 Å². The van der Waals surface area contributed by atoms with E-state index in [-0.39, 0.29) is 29.0 Å². The molecule has 0 saturated heterocycles. The summed E-state index contributed by atoms with van der Waals surface area (Å²) in [5.41, 5.74) is 1.44. The second kappa shape index (κ2) is 4.80. The van der Waals surface area contributed by atoms with Gasteiger partial charge in [-0.15, -0.1) is 6.42 Å². The zero-order valence-corrected chi connectivity index (χ0v) is 11.2. The summed E-state index contributed by atoms with van der Waals surface area (Å²) >= 11 is 0. The van der Waals surface area contributed by atoms with Crippen LogP contribution in [0.1, 0.15) is 5.56 Å². The average Bonchev–Trinajstić information content (AvgIpc) is 2.95. The van der Waals surface area contributed by atoms with Crippen LogP contribution in [0.3, 0.4) is 0 Å². The maximum atomic E-state index is 12.6. The van der Waals surface area contributed by atoms with Crippen LogP contribution in [-0.4, -0.2) is 20.0 Å². The number of rotatable bonds is 2. The molecule has 21 heavy (non-hydrogen) atoms. The lowest BCUT2D eigenvalue weighted by atomic mass is 10.0. The number of terminal acetylenes is 1. The Morgan fingerprint density at radius 2 is 2.14 bits per heavy atom. The molecule has 1 N–H and O–H groups in total. The van der Waals surface area contributed by atoms with E-state index in [1.54, 1.807) is 12.1 Å². The van der Waals surface area contributed by atoms with E-state index in [1.165, 1.54) is 4.57 Å². The number of aromatic hydroxyl groups is 1. The lowest BCUT2D eigenvalue weighted by Gasteiger charge is -2.10. The van der Waals surface area contributed by atoms with Crippen molar-refractivity contribution in [3.05, 3.63) is 40.2 Å². The second-order valence-electron chi connectivity index (χ2n) is 4.57. The Bertz CT molecular complexity index is 931. The van der Waals surface area contributed by atoms with Gasteiger partial charge in [0.05, 0.1) is 12.1 Å². The maximum absolute atomic E-state index is 12.6. The molecule has 1 aromatic carbocycles. The lowest BCUT2D eigenvalue weighted by molar-refractivity contribution is 0.312. The molecule has 6 nitrogen and oxygen atoms in total. The number of hydrogen-bond acceptors (Lipinski definition) is 5. The van der Waals surface area contributed by atoms with Gasteiger partial charge in [0.1, 0.15) is 0 Å². The van der Waals surface area contributed by atoms with Gasteiger partial charge in [0.25, 0.3) is 5.56 Å². The van der Waals surface area contributed by atoms with Crippen molar-refractivity contribution in [2.75, 3.05) is 0 Å². The molecule has 0 spiro atoms. The van der Waals surface area contributed by atoms with Gasteiger partial charge in [-0.2, -0.15) is 0 Å². The summed E-state index contributed by atoms with van der Waals surface area (Å²) in [6.07, 6.45) is 5.29. The highest BCUT2D eigenvalue weighted by molar-refractivity contribution is 5.87. The van der Waals surface area contributed by atoms with Crippen molar-refractivity contribution in [3.63, 3.8) is 0 Å². The zero-order valence-electron chi connectivity index (χ0n) is 11.2. The number of nitrogens with zero attached hydrogens (tertiary/aromatic N) is 3. The Labute approximate surface area is 119 Å². The maximum Gasteiger partial charge on any atom is 0.264 e. The summed E-state index contributed by atoms with van der Waals surface area (Å²) in [7, 11) is 0. The van der Waals surface area contributed by atoms with E-state index in [4.69, 9.17) is 6.42 Å². The van der Waals surface area contributed by atoms with Gasteiger partial charge in [0.15, 0.2) is 11.3 Å². The third-order valence-electron chi connectivity index (χ3n) is 3.31. The van der Waals surface area contributed by atoms with E-state index < -0.39 is 5.56 Å². The molecule has 0 aliphatic heterocycles. The molecule has 2 aromatic heterocycles. The molecule has 2 heterocycles. The predicted molar refractivity (Wildman–Crippen MR) is 76.7 cm³/mol. The first-order valence-electron chi connectivity index (χ1n) is 6.22. The number of aryl methyl sites for hydroxylation is 1. The highest BCUT2D eigenvalue weighted by Gasteiger charge is 2.22. The van der Waals surface area contributed by atoms with Gasteiger partial charge in [-0.05, 0) is 28.4 Å². The Morgan fingerprint density at radius 3 is 2.86 bits per heavy atom. The van der Waals surface area contributed by atoms with Crippen molar-refractivity contribution >= 4 is 11.2 Å². The number of aromatic nitrogens is 3. The molecule has 0 atom stereocenters. The predicted octanol–water partition coefficient (Wildman–Crippen LogP) is 1.70. The van der Waals surface area contributed by atoms with Crippen LogP contribution in [0.4, 0.5) is 0 Å². The van der Waals surface area contributed by atoms with Crippen LogP contribution < -0.4 is 5.56 Å². The fourth-order valence-corrected chi connectivity index (χ4v) is 2.30. The summed E-state index contributed by atoms with van der Waals surface area (Å²) in [6, 6.07) is 7.25.